The average molecular weight is 208 g/mol. The molecule has 0 aliphatic carbocycles. The Hall–Kier alpha value is -0.830. The summed E-state index contributed by atoms with van der Waals surface area (Å²) in [6.45, 7) is 7.46. The van der Waals surface area contributed by atoms with Gasteiger partial charge in [0.2, 0.25) is 0 Å². The number of rotatable bonds is 3. The fraction of sp³-hybridized carbons (Fsp3) is 0.750. The molecule has 84 valence electrons. The lowest BCUT2D eigenvalue weighted by Crippen LogP contribution is -2.23. The third-order valence-electron chi connectivity index (χ3n) is 2.98. The molecule has 0 aromatic carbocycles. The number of nitrogens with zero attached hydrogens (tertiary/aromatic N) is 1. The maximum absolute atomic E-state index is 5.79. The second kappa shape index (κ2) is 4.35. The first-order valence-corrected chi connectivity index (χ1v) is 5.86. The van der Waals surface area contributed by atoms with Crippen LogP contribution in [0.1, 0.15) is 50.0 Å². The second-order valence-corrected chi connectivity index (χ2v) is 4.71. The van der Waals surface area contributed by atoms with Crippen molar-refractivity contribution in [2.75, 3.05) is 6.54 Å². The Balaban J connectivity index is 2.05. The van der Waals surface area contributed by atoms with Gasteiger partial charge >= 0.3 is 0 Å². The molecule has 1 aliphatic heterocycles. The highest BCUT2D eigenvalue weighted by Crippen LogP contribution is 2.21. The molecule has 0 spiro atoms. The van der Waals surface area contributed by atoms with E-state index in [-0.39, 0.29) is 0 Å². The van der Waals surface area contributed by atoms with Crippen LogP contribution in [-0.2, 0) is 6.42 Å². The van der Waals surface area contributed by atoms with Crippen molar-refractivity contribution in [3.63, 3.8) is 0 Å². The van der Waals surface area contributed by atoms with Crippen LogP contribution < -0.4 is 5.32 Å². The van der Waals surface area contributed by atoms with E-state index >= 15 is 0 Å². The summed E-state index contributed by atoms with van der Waals surface area (Å²) in [5.41, 5.74) is 1.05. The molecule has 1 N–H and O–H groups in total. The van der Waals surface area contributed by atoms with Gasteiger partial charge < -0.3 is 9.73 Å². The minimum atomic E-state index is 0.433. The molecule has 3 nitrogen and oxygen atoms in total. The van der Waals surface area contributed by atoms with Gasteiger partial charge in [-0.1, -0.05) is 13.8 Å². The first-order chi connectivity index (χ1) is 7.16. The van der Waals surface area contributed by atoms with Crippen molar-refractivity contribution in [3.05, 3.63) is 17.3 Å². The summed E-state index contributed by atoms with van der Waals surface area (Å²) in [7, 11) is 0. The Morgan fingerprint density at radius 2 is 2.33 bits per heavy atom. The monoisotopic (exact) mass is 208 g/mol. The van der Waals surface area contributed by atoms with E-state index in [0.717, 1.165) is 30.3 Å². The first-order valence-electron chi connectivity index (χ1n) is 5.86. The average Bonchev–Trinajstić information content (AvgIpc) is 2.75. The number of oxazole rings is 1. The Labute approximate surface area is 91.3 Å². The number of aryl methyl sites for hydroxylation is 1. The zero-order valence-corrected chi connectivity index (χ0v) is 9.84. The molecule has 15 heavy (non-hydrogen) atoms. The summed E-state index contributed by atoms with van der Waals surface area (Å²) in [5, 5.41) is 3.46. The molecule has 0 radical (unpaired) electrons. The summed E-state index contributed by atoms with van der Waals surface area (Å²) in [4.78, 5) is 4.49. The third-order valence-corrected chi connectivity index (χ3v) is 2.98. The van der Waals surface area contributed by atoms with Gasteiger partial charge in [0.1, 0.15) is 5.76 Å². The van der Waals surface area contributed by atoms with Crippen LogP contribution in [0.3, 0.4) is 0 Å². The van der Waals surface area contributed by atoms with Gasteiger partial charge in [0.05, 0.1) is 5.69 Å². The van der Waals surface area contributed by atoms with Crippen LogP contribution >= 0.6 is 0 Å². The topological polar surface area (TPSA) is 38.1 Å². The van der Waals surface area contributed by atoms with E-state index in [4.69, 9.17) is 4.42 Å². The van der Waals surface area contributed by atoms with Crippen molar-refractivity contribution in [1.82, 2.24) is 10.3 Å². The van der Waals surface area contributed by atoms with Crippen molar-refractivity contribution in [3.8, 4) is 0 Å². The van der Waals surface area contributed by atoms with Gasteiger partial charge in [-0.2, -0.15) is 0 Å². The maximum atomic E-state index is 5.79. The molecule has 0 bridgehead atoms. The van der Waals surface area contributed by atoms with Crippen molar-refractivity contribution in [1.29, 1.82) is 0 Å². The van der Waals surface area contributed by atoms with Gasteiger partial charge in [0.25, 0.3) is 0 Å². The number of hydrogen-bond acceptors (Lipinski definition) is 3. The molecule has 0 amide bonds. The SMILES string of the molecule is Cc1nc(CC2CCCN2)oc1C(C)C. The van der Waals surface area contributed by atoms with E-state index in [1.165, 1.54) is 12.8 Å². The molecule has 3 heteroatoms. The largest absolute Gasteiger partial charge is 0.445 e. The maximum Gasteiger partial charge on any atom is 0.196 e. The highest BCUT2D eigenvalue weighted by Gasteiger charge is 2.19. The molecule has 1 aliphatic rings. The van der Waals surface area contributed by atoms with Gasteiger partial charge in [-0.05, 0) is 26.3 Å². The molecule has 1 aromatic heterocycles. The molecular weight excluding hydrogens is 188 g/mol. The van der Waals surface area contributed by atoms with Crippen LogP contribution in [0, 0.1) is 6.92 Å². The number of nitrogens with one attached hydrogen (secondary N) is 1. The number of hydrogen-bond donors (Lipinski definition) is 1. The molecule has 1 unspecified atom stereocenters. The van der Waals surface area contributed by atoms with Crippen LogP contribution in [0.25, 0.3) is 0 Å². The molecule has 2 heterocycles. The second-order valence-electron chi connectivity index (χ2n) is 4.71. The van der Waals surface area contributed by atoms with Crippen molar-refractivity contribution in [2.24, 2.45) is 0 Å². The van der Waals surface area contributed by atoms with E-state index in [1.807, 2.05) is 6.92 Å². The first kappa shape index (κ1) is 10.7. The van der Waals surface area contributed by atoms with E-state index in [1.54, 1.807) is 0 Å². The van der Waals surface area contributed by atoms with Crippen LogP contribution in [0.15, 0.2) is 4.42 Å². The molecule has 1 aromatic rings. The zero-order valence-electron chi connectivity index (χ0n) is 9.84. The van der Waals surface area contributed by atoms with Gasteiger partial charge in [0.15, 0.2) is 5.89 Å². The Morgan fingerprint density at radius 3 is 2.87 bits per heavy atom. The Bertz CT molecular complexity index is 324. The fourth-order valence-electron chi connectivity index (χ4n) is 2.23. The van der Waals surface area contributed by atoms with E-state index in [9.17, 15) is 0 Å². The summed E-state index contributed by atoms with van der Waals surface area (Å²) in [5.74, 6) is 2.38. The van der Waals surface area contributed by atoms with Gasteiger partial charge in [-0.3, -0.25) is 0 Å². The van der Waals surface area contributed by atoms with Crippen LogP contribution in [0.4, 0.5) is 0 Å². The molecular formula is C12H20N2O. The molecule has 1 saturated heterocycles. The standard InChI is InChI=1S/C12H20N2O/c1-8(2)12-9(3)14-11(15-12)7-10-5-4-6-13-10/h8,10,13H,4-7H2,1-3H3. The molecule has 2 rings (SSSR count). The molecule has 1 atom stereocenters. The van der Waals surface area contributed by atoms with Crippen molar-refractivity contribution < 1.29 is 4.42 Å². The molecule has 1 fully saturated rings. The van der Waals surface area contributed by atoms with E-state index in [0.29, 0.717) is 12.0 Å². The fourth-order valence-corrected chi connectivity index (χ4v) is 2.23. The third kappa shape index (κ3) is 2.40. The highest BCUT2D eigenvalue weighted by atomic mass is 16.4. The smallest absolute Gasteiger partial charge is 0.196 e. The van der Waals surface area contributed by atoms with Crippen LogP contribution in [0.5, 0.6) is 0 Å². The highest BCUT2D eigenvalue weighted by molar-refractivity contribution is 5.12. The van der Waals surface area contributed by atoms with E-state index in [2.05, 4.69) is 24.1 Å². The normalized spacial score (nSPS) is 21.5. The van der Waals surface area contributed by atoms with Gasteiger partial charge in [0, 0.05) is 18.4 Å². The predicted molar refractivity (Wildman–Crippen MR) is 60.1 cm³/mol. The quantitative estimate of drug-likeness (QED) is 0.829. The summed E-state index contributed by atoms with van der Waals surface area (Å²) in [6.07, 6.45) is 3.47. The van der Waals surface area contributed by atoms with Crippen LogP contribution in [-0.4, -0.2) is 17.6 Å². The molecule has 0 saturated carbocycles. The van der Waals surface area contributed by atoms with Crippen molar-refractivity contribution >= 4 is 0 Å². The zero-order chi connectivity index (χ0) is 10.8. The lowest BCUT2D eigenvalue weighted by molar-refractivity contribution is 0.416. The summed E-state index contributed by atoms with van der Waals surface area (Å²) < 4.78 is 5.79. The summed E-state index contributed by atoms with van der Waals surface area (Å²) >= 11 is 0. The Kier molecular flexibility index (Phi) is 3.10. The minimum Gasteiger partial charge on any atom is -0.445 e. The lowest BCUT2D eigenvalue weighted by atomic mass is 10.1. The van der Waals surface area contributed by atoms with Gasteiger partial charge in [-0.15, -0.1) is 0 Å². The number of aromatic nitrogens is 1. The van der Waals surface area contributed by atoms with Gasteiger partial charge in [-0.25, -0.2) is 4.98 Å². The Morgan fingerprint density at radius 1 is 1.53 bits per heavy atom. The lowest BCUT2D eigenvalue weighted by Gasteiger charge is -2.05. The van der Waals surface area contributed by atoms with Crippen molar-refractivity contribution in [2.45, 2.75) is 52.0 Å². The van der Waals surface area contributed by atoms with E-state index < -0.39 is 0 Å². The predicted octanol–water partition coefficient (Wildman–Crippen LogP) is 2.40. The minimum absolute atomic E-state index is 0.433. The van der Waals surface area contributed by atoms with Crippen LogP contribution in [0.2, 0.25) is 0 Å². The summed E-state index contributed by atoms with van der Waals surface area (Å²) in [6, 6.07) is 0.572.